The zero-order valence-corrected chi connectivity index (χ0v) is 61.9. The summed E-state index contributed by atoms with van der Waals surface area (Å²) in [6.45, 7) is 18.4. The number of unbranched alkanes of at least 4 members (excludes halogenated alkanes) is 44. The monoisotopic (exact) mass is 1300 g/mol. The maximum atomic E-state index is 9.83. The fourth-order valence-corrected chi connectivity index (χ4v) is 10.6. The van der Waals surface area contributed by atoms with E-state index in [-0.39, 0.29) is 24.2 Å². The smallest absolute Gasteiger partial charge is 0.0894 e. The van der Waals surface area contributed by atoms with Crippen molar-refractivity contribution >= 4 is 0 Å². The van der Waals surface area contributed by atoms with Gasteiger partial charge in [-0.15, -0.1) is 0 Å². The molecule has 0 aliphatic rings. The van der Waals surface area contributed by atoms with Crippen molar-refractivity contribution in [3.05, 3.63) is 48.6 Å². The van der Waals surface area contributed by atoms with Gasteiger partial charge in [0.1, 0.15) is 0 Å². The number of rotatable bonds is 67. The number of hydrogen-bond acceptors (Lipinski definition) is 12. The van der Waals surface area contributed by atoms with Gasteiger partial charge < -0.3 is 62.3 Å². The van der Waals surface area contributed by atoms with Crippen molar-refractivity contribution in [1.82, 2.24) is 0 Å². The number of aliphatic hydroxyl groups is 4. The lowest BCUT2D eigenvalue weighted by atomic mass is 10.0. The minimum absolute atomic E-state index is 0.316. The first-order chi connectivity index (χ1) is 44.4. The quantitative estimate of drug-likeness (QED) is 0.0211. The second kappa shape index (κ2) is 84.6. The van der Waals surface area contributed by atoms with Crippen molar-refractivity contribution in [2.75, 3.05) is 53.4 Å². The van der Waals surface area contributed by atoms with Gasteiger partial charge in [-0.3, -0.25) is 0 Å². The van der Waals surface area contributed by atoms with Crippen LogP contribution in [0.1, 0.15) is 357 Å². The average Bonchev–Trinajstić information content (AvgIpc) is 3.71. The molecule has 8 atom stereocenters. The summed E-state index contributed by atoms with van der Waals surface area (Å²) < 4.78 is 20.6. The molecule has 0 aliphatic carbocycles. The minimum Gasteiger partial charge on any atom is -0.387 e. The van der Waals surface area contributed by atoms with E-state index in [0.717, 1.165) is 25.7 Å². The van der Waals surface area contributed by atoms with E-state index in [4.69, 9.17) is 41.9 Å². The van der Waals surface area contributed by atoms with Crippen molar-refractivity contribution in [3.8, 4) is 0 Å². The van der Waals surface area contributed by atoms with Gasteiger partial charge in [0.15, 0.2) is 0 Å². The Hall–Kier alpha value is -1.52. The van der Waals surface area contributed by atoms with Gasteiger partial charge in [-0.2, -0.15) is 0 Å². The van der Waals surface area contributed by atoms with Crippen molar-refractivity contribution < 1.29 is 39.4 Å². The highest BCUT2D eigenvalue weighted by atomic mass is 16.5. The van der Waals surface area contributed by atoms with Crippen LogP contribution in [-0.2, 0) is 18.9 Å². The Kier molecular flexibility index (Phi) is 89.1. The summed E-state index contributed by atoms with van der Waals surface area (Å²) in [5.41, 5.74) is 23.2. The SMILES string of the molecule is CCCCCCCCCCCCC/C=C/[C@@H](O)[C@@H](N)COC.CCCCCCCCCCCCC/C=C/[C@@H](O)[C@@H](N)COCC.CCCCCCCCCCCCC/C=C/[C@@H](O)[C@@H](N)COCC.CCCCCCCCCCCCC/C=C/[C@@H](O)[C@@H](N)COCC. The molecule has 0 aromatic heterocycles. The molecule has 0 spiro atoms. The third kappa shape index (κ3) is 82.6. The first-order valence-corrected chi connectivity index (χ1v) is 39.0. The lowest BCUT2D eigenvalue weighted by molar-refractivity contribution is 0.0878. The lowest BCUT2D eigenvalue weighted by Gasteiger charge is -2.15. The van der Waals surface area contributed by atoms with Crippen LogP contribution < -0.4 is 22.9 Å². The Bertz CT molecular complexity index is 1300. The molecule has 12 heteroatoms. The predicted molar refractivity (Wildman–Crippen MR) is 398 cm³/mol. The second-order valence-electron chi connectivity index (χ2n) is 26.1. The molecule has 0 saturated heterocycles. The molecule has 0 fully saturated rings. The van der Waals surface area contributed by atoms with Crippen LogP contribution in [0.5, 0.6) is 0 Å². The van der Waals surface area contributed by atoms with Gasteiger partial charge in [0.2, 0.25) is 0 Å². The van der Waals surface area contributed by atoms with E-state index in [1.54, 1.807) is 13.2 Å². The molecule has 0 radical (unpaired) electrons. The molecular weight excluding hydrogens is 1130 g/mol. The van der Waals surface area contributed by atoms with Gasteiger partial charge in [0.25, 0.3) is 0 Å². The Balaban J connectivity index is -0.000000555. The predicted octanol–water partition coefficient (Wildman–Crippen LogP) is 19.5. The number of aliphatic hydroxyl groups excluding tert-OH is 4. The molecule has 0 aliphatic heterocycles. The van der Waals surface area contributed by atoms with Gasteiger partial charge in [0.05, 0.1) is 75.0 Å². The number of methoxy groups -OCH3 is 1. The highest BCUT2D eigenvalue weighted by Crippen LogP contribution is 2.17. The van der Waals surface area contributed by atoms with Crippen LogP contribution in [0.4, 0.5) is 0 Å². The molecule has 12 nitrogen and oxygen atoms in total. The molecular formula is C79H162N4O8. The van der Waals surface area contributed by atoms with E-state index in [1.807, 2.05) is 45.1 Å². The van der Waals surface area contributed by atoms with E-state index >= 15 is 0 Å². The normalized spacial score (nSPS) is 14.5. The zero-order valence-electron chi connectivity index (χ0n) is 61.9. The van der Waals surface area contributed by atoms with Gasteiger partial charge >= 0.3 is 0 Å². The zero-order chi connectivity index (χ0) is 68.0. The highest BCUT2D eigenvalue weighted by Gasteiger charge is 2.13. The van der Waals surface area contributed by atoms with Crippen molar-refractivity contribution in [1.29, 1.82) is 0 Å². The highest BCUT2D eigenvalue weighted by molar-refractivity contribution is 4.96. The molecule has 0 amide bonds. The largest absolute Gasteiger partial charge is 0.387 e. The van der Waals surface area contributed by atoms with Crippen molar-refractivity contribution in [2.45, 2.75) is 405 Å². The van der Waals surface area contributed by atoms with Crippen LogP contribution in [0.15, 0.2) is 48.6 Å². The maximum absolute atomic E-state index is 9.83. The minimum atomic E-state index is -0.590. The van der Waals surface area contributed by atoms with Crippen molar-refractivity contribution in [3.63, 3.8) is 0 Å². The molecule has 546 valence electrons. The van der Waals surface area contributed by atoms with E-state index in [9.17, 15) is 20.4 Å². The number of allylic oxidation sites excluding steroid dienone is 4. The Morgan fingerprint density at radius 2 is 0.396 bits per heavy atom. The Morgan fingerprint density at radius 1 is 0.242 bits per heavy atom. The van der Waals surface area contributed by atoms with E-state index in [2.05, 4.69) is 45.9 Å². The van der Waals surface area contributed by atoms with Crippen LogP contribution in [-0.4, -0.2) is 122 Å². The third-order valence-corrected chi connectivity index (χ3v) is 16.9. The van der Waals surface area contributed by atoms with Crippen LogP contribution in [0.25, 0.3) is 0 Å². The second-order valence-corrected chi connectivity index (χ2v) is 26.1. The summed E-state index contributed by atoms with van der Waals surface area (Å²) in [6, 6.07) is -1.27. The summed E-state index contributed by atoms with van der Waals surface area (Å²) in [6.07, 6.45) is 77.4. The maximum Gasteiger partial charge on any atom is 0.0894 e. The lowest BCUT2D eigenvalue weighted by Crippen LogP contribution is -2.37. The van der Waals surface area contributed by atoms with Crippen LogP contribution in [0.2, 0.25) is 0 Å². The van der Waals surface area contributed by atoms with E-state index in [0.29, 0.717) is 46.2 Å². The van der Waals surface area contributed by atoms with Gasteiger partial charge in [-0.25, -0.2) is 0 Å². The third-order valence-electron chi connectivity index (χ3n) is 16.9. The molecule has 0 unspecified atom stereocenters. The molecule has 0 rings (SSSR count). The van der Waals surface area contributed by atoms with Gasteiger partial charge in [-0.05, 0) is 72.1 Å². The van der Waals surface area contributed by atoms with Gasteiger partial charge in [0, 0.05) is 26.9 Å². The van der Waals surface area contributed by atoms with Gasteiger partial charge in [-0.1, -0.05) is 333 Å². The Labute approximate surface area is 566 Å². The Morgan fingerprint density at radius 3 is 0.549 bits per heavy atom. The van der Waals surface area contributed by atoms with E-state index < -0.39 is 24.4 Å². The number of nitrogens with two attached hydrogens (primary N) is 4. The first kappa shape index (κ1) is 95.9. The summed E-state index contributed by atoms with van der Waals surface area (Å²) >= 11 is 0. The summed E-state index contributed by atoms with van der Waals surface area (Å²) in [7, 11) is 1.60. The summed E-state index contributed by atoms with van der Waals surface area (Å²) in [5.74, 6) is 0. The first-order valence-electron chi connectivity index (χ1n) is 39.0. The average molecular weight is 1300 g/mol. The fourth-order valence-electron chi connectivity index (χ4n) is 10.6. The molecule has 0 aromatic carbocycles. The topological polar surface area (TPSA) is 222 Å². The fraction of sp³-hybridized carbons (Fsp3) is 0.899. The summed E-state index contributed by atoms with van der Waals surface area (Å²) in [5, 5.41) is 39.2. The molecule has 0 bridgehead atoms. The molecule has 0 aromatic rings. The van der Waals surface area contributed by atoms with Crippen molar-refractivity contribution in [2.24, 2.45) is 22.9 Å². The van der Waals surface area contributed by atoms with Crippen LogP contribution >= 0.6 is 0 Å². The molecule has 12 N–H and O–H groups in total. The van der Waals surface area contributed by atoms with Crippen LogP contribution in [0.3, 0.4) is 0 Å². The summed E-state index contributed by atoms with van der Waals surface area (Å²) in [4.78, 5) is 0. The molecule has 91 heavy (non-hydrogen) atoms. The standard InChI is InChI=1S/3C20H41NO2.C19H39NO2/c3*1-3-5-6-7-8-9-10-11-12-13-14-15-16-17-20(22)19(21)18-23-4-2;1-3-4-5-6-7-8-9-10-11-12-13-14-15-16-19(21)18(20)17-22-2/h3*16-17,19-20,22H,3-15,18,21H2,1-2H3;15-16,18-19,21H,3-14,17,20H2,1-2H3/b3*17-16+;16-15+/t3*19-,20+;18-,19+/m0000/s1. The number of hydrogen-bond donors (Lipinski definition) is 8. The van der Waals surface area contributed by atoms with Crippen LogP contribution in [0, 0.1) is 0 Å². The van der Waals surface area contributed by atoms with E-state index in [1.165, 1.54) is 283 Å². The molecule has 0 heterocycles. The molecule has 0 saturated carbocycles. The number of ether oxygens (including phenoxy) is 4.